The molecule has 0 bridgehead atoms. The lowest BCUT2D eigenvalue weighted by atomic mass is 10.2. The number of carbonyl (C=O) groups is 2. The quantitative estimate of drug-likeness (QED) is 0.771. The van der Waals surface area contributed by atoms with Gasteiger partial charge in [-0.25, -0.2) is 22.8 Å². The van der Waals surface area contributed by atoms with E-state index in [1.165, 1.54) is 0 Å². The van der Waals surface area contributed by atoms with E-state index in [2.05, 4.69) is 5.32 Å². The van der Waals surface area contributed by atoms with Crippen molar-refractivity contribution >= 4 is 12.1 Å². The molecule has 0 radical (unpaired) electrons. The highest BCUT2D eigenvalue weighted by Gasteiger charge is 2.24. The summed E-state index contributed by atoms with van der Waals surface area (Å²) in [6, 6.07) is 0.253. The predicted molar refractivity (Wildman–Crippen MR) is 76.8 cm³/mol. The van der Waals surface area contributed by atoms with E-state index in [9.17, 15) is 22.8 Å². The van der Waals surface area contributed by atoms with Crippen LogP contribution in [0.4, 0.5) is 18.0 Å². The van der Waals surface area contributed by atoms with E-state index in [1.54, 1.807) is 20.8 Å². The molecule has 1 rings (SSSR count). The SMILES string of the molecule is CC(C)(C)OC(=O)NC(COCc1ccc(F)c(F)c1F)C(=O)O. The zero-order valence-electron chi connectivity index (χ0n) is 13.4. The largest absolute Gasteiger partial charge is 0.480 e. The number of rotatable bonds is 6. The molecule has 0 heterocycles. The molecule has 24 heavy (non-hydrogen) atoms. The Balaban J connectivity index is 2.60. The second-order valence-electron chi connectivity index (χ2n) is 5.89. The molecular weight excluding hydrogens is 331 g/mol. The van der Waals surface area contributed by atoms with Crippen LogP contribution in [0.5, 0.6) is 0 Å². The molecule has 0 aliphatic heterocycles. The van der Waals surface area contributed by atoms with Gasteiger partial charge >= 0.3 is 12.1 Å². The monoisotopic (exact) mass is 349 g/mol. The minimum absolute atomic E-state index is 0.282. The number of carboxylic acids is 1. The van der Waals surface area contributed by atoms with Crippen molar-refractivity contribution in [1.29, 1.82) is 0 Å². The third-order valence-electron chi connectivity index (χ3n) is 2.65. The van der Waals surface area contributed by atoms with E-state index in [0.717, 1.165) is 12.1 Å². The first-order chi connectivity index (χ1) is 11.0. The minimum atomic E-state index is -1.64. The fourth-order valence-corrected chi connectivity index (χ4v) is 1.59. The van der Waals surface area contributed by atoms with Gasteiger partial charge < -0.3 is 19.9 Å². The van der Waals surface area contributed by atoms with Gasteiger partial charge in [-0.15, -0.1) is 0 Å². The first-order valence-electron chi connectivity index (χ1n) is 6.93. The summed E-state index contributed by atoms with van der Waals surface area (Å²) in [5.74, 6) is -5.79. The molecule has 2 N–H and O–H groups in total. The number of carbonyl (C=O) groups excluding carboxylic acids is 1. The molecule has 1 aromatic rings. The average Bonchev–Trinajstić information content (AvgIpc) is 2.44. The molecule has 1 amide bonds. The molecule has 6 nitrogen and oxygen atoms in total. The van der Waals surface area contributed by atoms with Crippen LogP contribution in [0.3, 0.4) is 0 Å². The number of amides is 1. The molecule has 134 valence electrons. The van der Waals surface area contributed by atoms with Crippen LogP contribution in [0, 0.1) is 17.5 Å². The van der Waals surface area contributed by atoms with Gasteiger partial charge in [-0.2, -0.15) is 0 Å². The van der Waals surface area contributed by atoms with Crippen LogP contribution in [0.1, 0.15) is 26.3 Å². The van der Waals surface area contributed by atoms with Gasteiger partial charge in [0.1, 0.15) is 5.60 Å². The topological polar surface area (TPSA) is 84.9 Å². The van der Waals surface area contributed by atoms with Crippen LogP contribution in [-0.2, 0) is 20.9 Å². The zero-order valence-corrected chi connectivity index (χ0v) is 13.4. The Morgan fingerprint density at radius 3 is 2.38 bits per heavy atom. The summed E-state index contributed by atoms with van der Waals surface area (Å²) in [4.78, 5) is 22.6. The molecule has 1 unspecified atom stereocenters. The fourth-order valence-electron chi connectivity index (χ4n) is 1.59. The van der Waals surface area contributed by atoms with Crippen molar-refractivity contribution in [2.45, 2.75) is 39.0 Å². The van der Waals surface area contributed by atoms with Gasteiger partial charge in [-0.3, -0.25) is 0 Å². The smallest absolute Gasteiger partial charge is 0.408 e. The maximum absolute atomic E-state index is 13.4. The summed E-state index contributed by atoms with van der Waals surface area (Å²) < 4.78 is 49.2. The summed E-state index contributed by atoms with van der Waals surface area (Å²) in [7, 11) is 0. The number of hydrogen-bond acceptors (Lipinski definition) is 4. The molecular formula is C15H18F3NO5. The number of aliphatic carboxylic acids is 1. The Labute approximate surface area is 136 Å². The Hall–Kier alpha value is -2.29. The van der Waals surface area contributed by atoms with E-state index in [-0.39, 0.29) is 5.56 Å². The zero-order chi connectivity index (χ0) is 18.5. The number of benzene rings is 1. The van der Waals surface area contributed by atoms with Crippen LogP contribution in [0.15, 0.2) is 12.1 Å². The minimum Gasteiger partial charge on any atom is -0.480 e. The molecule has 9 heteroatoms. The van der Waals surface area contributed by atoms with Gasteiger partial charge in [-0.05, 0) is 26.8 Å². The van der Waals surface area contributed by atoms with Gasteiger partial charge in [-0.1, -0.05) is 6.07 Å². The first kappa shape index (κ1) is 19.8. The summed E-state index contributed by atoms with van der Waals surface area (Å²) in [6.07, 6.45) is -0.961. The van der Waals surface area contributed by atoms with E-state index >= 15 is 0 Å². The highest BCUT2D eigenvalue weighted by molar-refractivity contribution is 5.80. The van der Waals surface area contributed by atoms with E-state index in [0.29, 0.717) is 0 Å². The molecule has 0 saturated carbocycles. The Morgan fingerprint density at radius 2 is 1.83 bits per heavy atom. The fraction of sp³-hybridized carbons (Fsp3) is 0.467. The van der Waals surface area contributed by atoms with Crippen molar-refractivity contribution in [3.8, 4) is 0 Å². The Morgan fingerprint density at radius 1 is 1.21 bits per heavy atom. The van der Waals surface area contributed by atoms with Crippen LogP contribution in [-0.4, -0.2) is 35.4 Å². The number of hydrogen-bond donors (Lipinski definition) is 2. The van der Waals surface area contributed by atoms with Gasteiger partial charge in [0.25, 0.3) is 0 Å². The van der Waals surface area contributed by atoms with Crippen LogP contribution in [0.2, 0.25) is 0 Å². The third kappa shape index (κ3) is 6.07. The lowest BCUT2D eigenvalue weighted by Crippen LogP contribution is -2.46. The maximum atomic E-state index is 13.4. The second-order valence-corrected chi connectivity index (χ2v) is 5.89. The standard InChI is InChI=1S/C15H18F3NO5/c1-15(2,3)24-14(22)19-10(13(20)21)7-23-6-8-4-5-9(16)12(18)11(8)17/h4-5,10H,6-7H2,1-3H3,(H,19,22)(H,20,21). The highest BCUT2D eigenvalue weighted by atomic mass is 19.2. The van der Waals surface area contributed by atoms with Crippen LogP contribution >= 0.6 is 0 Å². The van der Waals surface area contributed by atoms with Crippen molar-refractivity contribution in [2.24, 2.45) is 0 Å². The molecule has 1 atom stereocenters. The van der Waals surface area contributed by atoms with Crippen LogP contribution in [0.25, 0.3) is 0 Å². The number of carboxylic acid groups (broad SMARTS) is 1. The number of ether oxygens (including phenoxy) is 2. The molecule has 0 fully saturated rings. The summed E-state index contributed by atoms with van der Waals surface area (Å²) in [5, 5.41) is 11.1. The lowest BCUT2D eigenvalue weighted by molar-refractivity contribution is -0.141. The van der Waals surface area contributed by atoms with Gasteiger partial charge in [0.15, 0.2) is 23.5 Å². The van der Waals surface area contributed by atoms with Crippen molar-refractivity contribution in [2.75, 3.05) is 6.61 Å². The molecule has 0 saturated heterocycles. The van der Waals surface area contributed by atoms with Gasteiger partial charge in [0, 0.05) is 5.56 Å². The predicted octanol–water partition coefficient (Wildman–Crippen LogP) is 2.60. The van der Waals surface area contributed by atoms with Gasteiger partial charge in [0.05, 0.1) is 13.2 Å². The van der Waals surface area contributed by atoms with Crippen molar-refractivity contribution in [1.82, 2.24) is 5.32 Å². The number of halogens is 3. The lowest BCUT2D eigenvalue weighted by Gasteiger charge is -2.22. The van der Waals surface area contributed by atoms with E-state index in [4.69, 9.17) is 14.6 Å². The normalized spacial score (nSPS) is 12.6. The molecule has 1 aromatic carbocycles. The maximum Gasteiger partial charge on any atom is 0.408 e. The Bertz CT molecular complexity index is 616. The molecule has 0 aliphatic carbocycles. The van der Waals surface area contributed by atoms with E-state index in [1.807, 2.05) is 0 Å². The average molecular weight is 349 g/mol. The van der Waals surface area contributed by atoms with Crippen molar-refractivity contribution in [3.05, 3.63) is 35.1 Å². The van der Waals surface area contributed by atoms with E-state index < -0.39 is 54.4 Å². The number of nitrogens with one attached hydrogen (secondary N) is 1. The molecule has 0 aromatic heterocycles. The molecule has 0 aliphatic rings. The second kappa shape index (κ2) is 8.00. The third-order valence-corrected chi connectivity index (χ3v) is 2.65. The Kier molecular flexibility index (Phi) is 6.59. The highest BCUT2D eigenvalue weighted by Crippen LogP contribution is 2.16. The van der Waals surface area contributed by atoms with Crippen LogP contribution < -0.4 is 5.32 Å². The van der Waals surface area contributed by atoms with Crippen molar-refractivity contribution in [3.63, 3.8) is 0 Å². The summed E-state index contributed by atoms with van der Waals surface area (Å²) in [5.41, 5.74) is -1.10. The van der Waals surface area contributed by atoms with Crippen molar-refractivity contribution < 1.29 is 37.3 Å². The van der Waals surface area contributed by atoms with Gasteiger partial charge in [0.2, 0.25) is 0 Å². The summed E-state index contributed by atoms with van der Waals surface area (Å²) in [6.45, 7) is 3.79. The number of alkyl carbamates (subject to hydrolysis) is 1. The molecule has 0 spiro atoms. The first-order valence-corrected chi connectivity index (χ1v) is 6.93. The summed E-state index contributed by atoms with van der Waals surface area (Å²) >= 11 is 0.